The van der Waals surface area contributed by atoms with Crippen molar-refractivity contribution >= 4 is 51.7 Å². The molecule has 2 aromatic heterocycles. The number of nitrogens with zero attached hydrogens (tertiary/aromatic N) is 1. The Morgan fingerprint density at radius 3 is 2.91 bits per heavy atom. The summed E-state index contributed by atoms with van der Waals surface area (Å²) in [6.45, 7) is 0. The van der Waals surface area contributed by atoms with Gasteiger partial charge in [0.25, 0.3) is 0 Å². The molecule has 0 atom stereocenters. The van der Waals surface area contributed by atoms with E-state index in [0.717, 1.165) is 15.8 Å². The van der Waals surface area contributed by atoms with Crippen LogP contribution in [0.5, 0.6) is 5.88 Å². The minimum atomic E-state index is -0.615. The smallest absolute Gasteiger partial charge is 0.239 e. The van der Waals surface area contributed by atoms with Crippen LogP contribution in [0.15, 0.2) is 35.4 Å². The number of benzene rings is 1. The van der Waals surface area contributed by atoms with Crippen LogP contribution in [0.25, 0.3) is 10.9 Å². The van der Waals surface area contributed by atoms with Crippen molar-refractivity contribution in [2.24, 2.45) is 0 Å². The average molecular weight is 358 g/mol. The Bertz CT molecular complexity index is 840. The second kappa shape index (κ2) is 6.24. The second-order valence-electron chi connectivity index (χ2n) is 4.36. The molecule has 0 bridgehead atoms. The summed E-state index contributed by atoms with van der Waals surface area (Å²) in [5, 5.41) is 1.43. The fourth-order valence-corrected chi connectivity index (χ4v) is 3.02. The standard InChI is InChI=1S/C14H10Cl2FN3OS/c1-21-14-11(5-9(17)13(16)19-14)20-22-12-6-18-10-4-7(15)2-3-8(10)12/h2-6,18,20H,1H3. The lowest BCUT2D eigenvalue weighted by molar-refractivity contribution is 0.398. The van der Waals surface area contributed by atoms with Gasteiger partial charge >= 0.3 is 0 Å². The predicted octanol–water partition coefficient (Wildman–Crippen LogP) is 5.14. The number of H-pyrrole nitrogens is 1. The number of ether oxygens (including phenoxy) is 1. The molecule has 8 heteroatoms. The first-order valence-corrected chi connectivity index (χ1v) is 7.75. The summed E-state index contributed by atoms with van der Waals surface area (Å²) in [4.78, 5) is 7.89. The minimum absolute atomic E-state index is 0.224. The molecule has 2 N–H and O–H groups in total. The summed E-state index contributed by atoms with van der Waals surface area (Å²) in [6.07, 6.45) is 1.84. The highest BCUT2D eigenvalue weighted by molar-refractivity contribution is 8.00. The van der Waals surface area contributed by atoms with Crippen molar-refractivity contribution in [1.29, 1.82) is 0 Å². The molecule has 3 aromatic rings. The summed E-state index contributed by atoms with van der Waals surface area (Å²) in [6, 6.07) is 6.81. The van der Waals surface area contributed by atoms with Gasteiger partial charge in [0, 0.05) is 28.2 Å². The van der Waals surface area contributed by atoms with E-state index in [4.69, 9.17) is 27.9 Å². The molecular formula is C14H10Cl2FN3OS. The Balaban J connectivity index is 1.86. The molecule has 4 nitrogen and oxygen atoms in total. The van der Waals surface area contributed by atoms with Gasteiger partial charge in [0.15, 0.2) is 11.0 Å². The molecule has 0 fully saturated rings. The molecule has 0 saturated heterocycles. The summed E-state index contributed by atoms with van der Waals surface area (Å²) >= 11 is 12.9. The minimum Gasteiger partial charge on any atom is -0.479 e. The lowest BCUT2D eigenvalue weighted by atomic mass is 10.2. The Morgan fingerprint density at radius 1 is 1.32 bits per heavy atom. The van der Waals surface area contributed by atoms with Crippen molar-refractivity contribution in [3.05, 3.63) is 46.5 Å². The maximum atomic E-state index is 13.5. The van der Waals surface area contributed by atoms with Gasteiger partial charge in [0.2, 0.25) is 5.88 Å². The molecule has 0 aliphatic rings. The molecule has 0 saturated carbocycles. The van der Waals surface area contributed by atoms with Crippen LogP contribution in [-0.2, 0) is 0 Å². The Labute approximate surface area is 140 Å². The molecule has 0 unspecified atom stereocenters. The molecule has 0 aliphatic carbocycles. The molecule has 0 amide bonds. The van der Waals surface area contributed by atoms with Crippen molar-refractivity contribution in [1.82, 2.24) is 9.97 Å². The second-order valence-corrected chi connectivity index (χ2v) is 6.01. The van der Waals surface area contributed by atoms with Crippen molar-refractivity contribution < 1.29 is 9.13 Å². The average Bonchev–Trinajstić information content (AvgIpc) is 2.90. The van der Waals surface area contributed by atoms with Gasteiger partial charge in [0.1, 0.15) is 5.69 Å². The first-order chi connectivity index (χ1) is 10.6. The number of rotatable bonds is 4. The van der Waals surface area contributed by atoms with Crippen molar-refractivity contribution in [3.8, 4) is 5.88 Å². The van der Waals surface area contributed by atoms with Crippen LogP contribution in [-0.4, -0.2) is 17.1 Å². The van der Waals surface area contributed by atoms with Gasteiger partial charge in [-0.15, -0.1) is 0 Å². The van der Waals surface area contributed by atoms with Crippen LogP contribution in [0.3, 0.4) is 0 Å². The largest absolute Gasteiger partial charge is 0.479 e. The summed E-state index contributed by atoms with van der Waals surface area (Å²) in [5.41, 5.74) is 1.32. The third-order valence-corrected chi connectivity index (χ3v) is 4.35. The number of nitrogens with one attached hydrogen (secondary N) is 2. The van der Waals surface area contributed by atoms with E-state index in [1.165, 1.54) is 25.1 Å². The van der Waals surface area contributed by atoms with E-state index >= 15 is 0 Å². The number of halogens is 3. The molecule has 0 radical (unpaired) electrons. The normalized spacial score (nSPS) is 10.9. The first-order valence-electron chi connectivity index (χ1n) is 6.18. The fraction of sp³-hybridized carbons (Fsp3) is 0.0714. The van der Waals surface area contributed by atoms with Crippen LogP contribution in [0.1, 0.15) is 0 Å². The highest BCUT2D eigenvalue weighted by Crippen LogP contribution is 2.34. The Kier molecular flexibility index (Phi) is 4.33. The van der Waals surface area contributed by atoms with Crippen molar-refractivity contribution in [2.75, 3.05) is 11.8 Å². The van der Waals surface area contributed by atoms with Gasteiger partial charge in [-0.1, -0.05) is 29.3 Å². The van der Waals surface area contributed by atoms with E-state index in [2.05, 4.69) is 14.7 Å². The highest BCUT2D eigenvalue weighted by Gasteiger charge is 2.12. The quantitative estimate of drug-likeness (QED) is 0.501. The molecule has 2 heterocycles. The third kappa shape index (κ3) is 2.95. The maximum absolute atomic E-state index is 13.5. The summed E-state index contributed by atoms with van der Waals surface area (Å²) < 4.78 is 21.6. The number of hydrogen-bond acceptors (Lipinski definition) is 4. The third-order valence-electron chi connectivity index (χ3n) is 2.97. The molecule has 3 rings (SSSR count). The predicted molar refractivity (Wildman–Crippen MR) is 88.5 cm³/mol. The van der Waals surface area contributed by atoms with Crippen LogP contribution in [0, 0.1) is 5.82 Å². The molecule has 22 heavy (non-hydrogen) atoms. The van der Waals surface area contributed by atoms with Crippen LogP contribution in [0.2, 0.25) is 10.2 Å². The number of fused-ring (bicyclic) bond motifs is 1. The first kappa shape index (κ1) is 15.3. The number of aromatic amines is 1. The zero-order chi connectivity index (χ0) is 15.7. The van der Waals surface area contributed by atoms with E-state index in [1.807, 2.05) is 24.4 Å². The van der Waals surface area contributed by atoms with E-state index in [0.29, 0.717) is 10.7 Å². The van der Waals surface area contributed by atoms with E-state index in [-0.39, 0.29) is 11.0 Å². The number of aromatic nitrogens is 2. The highest BCUT2D eigenvalue weighted by atomic mass is 35.5. The topological polar surface area (TPSA) is 49.9 Å². The van der Waals surface area contributed by atoms with Gasteiger partial charge < -0.3 is 14.4 Å². The Hall–Kier alpha value is -1.63. The summed E-state index contributed by atoms with van der Waals surface area (Å²) in [7, 11) is 1.44. The van der Waals surface area contributed by atoms with Crippen LogP contribution >= 0.6 is 35.1 Å². The number of hydrogen-bond donors (Lipinski definition) is 2. The van der Waals surface area contributed by atoms with Crippen molar-refractivity contribution in [2.45, 2.75) is 4.90 Å². The number of anilines is 1. The van der Waals surface area contributed by atoms with Gasteiger partial charge in [-0.3, -0.25) is 0 Å². The zero-order valence-corrected chi connectivity index (χ0v) is 13.6. The van der Waals surface area contributed by atoms with Crippen LogP contribution < -0.4 is 9.46 Å². The number of pyridine rings is 1. The van der Waals surface area contributed by atoms with Crippen molar-refractivity contribution in [3.63, 3.8) is 0 Å². The zero-order valence-electron chi connectivity index (χ0n) is 11.3. The lowest BCUT2D eigenvalue weighted by Crippen LogP contribution is -1.97. The lowest BCUT2D eigenvalue weighted by Gasteiger charge is -2.09. The molecular weight excluding hydrogens is 348 g/mol. The Morgan fingerprint density at radius 2 is 2.14 bits per heavy atom. The number of methoxy groups -OCH3 is 1. The van der Waals surface area contributed by atoms with Gasteiger partial charge in [-0.25, -0.2) is 4.39 Å². The van der Waals surface area contributed by atoms with Gasteiger partial charge in [-0.2, -0.15) is 4.98 Å². The van der Waals surface area contributed by atoms with Crippen LogP contribution in [0.4, 0.5) is 10.1 Å². The van der Waals surface area contributed by atoms with Gasteiger partial charge in [0.05, 0.1) is 12.0 Å². The molecule has 114 valence electrons. The van der Waals surface area contributed by atoms with E-state index in [9.17, 15) is 4.39 Å². The van der Waals surface area contributed by atoms with Gasteiger partial charge in [-0.05, 0) is 24.1 Å². The van der Waals surface area contributed by atoms with E-state index < -0.39 is 5.82 Å². The SMILES string of the molecule is COc1nc(Cl)c(F)cc1NSc1c[nH]c2cc(Cl)ccc12. The molecule has 0 spiro atoms. The fourth-order valence-electron chi connectivity index (χ4n) is 1.95. The summed E-state index contributed by atoms with van der Waals surface area (Å²) in [5.74, 6) is -0.391. The monoisotopic (exact) mass is 357 g/mol. The maximum Gasteiger partial charge on any atom is 0.239 e. The molecule has 0 aliphatic heterocycles. The van der Waals surface area contributed by atoms with E-state index in [1.54, 1.807) is 0 Å². The molecule has 1 aromatic carbocycles.